The number of halogens is 6. The number of hydrogen-bond donors (Lipinski definition) is 0. The Hall–Kier alpha value is -1.22. The summed E-state index contributed by atoms with van der Waals surface area (Å²) >= 11 is 0. The molecule has 130 valence electrons. The monoisotopic (exact) mass is 494 g/mol. The molecule has 25 heavy (non-hydrogen) atoms. The van der Waals surface area contributed by atoms with Crippen LogP contribution in [0.5, 0.6) is 0 Å². The smallest absolute Gasteiger partial charge is 1.00 e. The first-order valence-corrected chi connectivity index (χ1v) is 6.13. The minimum atomic E-state index is -0.593. The quantitative estimate of drug-likeness (QED) is 0.205. The molecule has 0 aliphatic rings. The van der Waals surface area contributed by atoms with Crippen molar-refractivity contribution in [3.8, 4) is 0 Å². The summed E-state index contributed by atoms with van der Waals surface area (Å²) in [5.74, 6) is -1.65. The minimum Gasteiger partial charge on any atom is -1.00 e. The molecule has 0 nitrogen and oxygen atoms in total. The van der Waals surface area contributed by atoms with Crippen LogP contribution >= 0.6 is 0 Å². The molecule has 0 spiro atoms. The largest absolute Gasteiger partial charge is 5.00 e. The van der Waals surface area contributed by atoms with E-state index >= 15 is 0 Å². The van der Waals surface area contributed by atoms with E-state index in [1.165, 1.54) is 24.3 Å². The van der Waals surface area contributed by atoms with E-state index in [4.69, 9.17) is 0 Å². The van der Waals surface area contributed by atoms with Gasteiger partial charge in [-0.05, 0) is 0 Å². The summed E-state index contributed by atoms with van der Waals surface area (Å²) in [6.45, 7) is 0. The van der Waals surface area contributed by atoms with Gasteiger partial charge in [-0.25, -0.2) is 0 Å². The van der Waals surface area contributed by atoms with Gasteiger partial charge in [0.2, 0.25) is 0 Å². The topological polar surface area (TPSA) is 0 Å². The van der Waals surface area contributed by atoms with Gasteiger partial charge in [-0.15, -0.1) is 42.5 Å². The second-order valence-corrected chi connectivity index (χ2v) is 3.81. The van der Waals surface area contributed by atoms with Crippen LogP contribution in [-0.2, 0) is 0 Å². The van der Waals surface area contributed by atoms with E-state index in [0.29, 0.717) is 0 Å². The van der Waals surface area contributed by atoms with Crippen LogP contribution in [0.15, 0.2) is 66.7 Å². The van der Waals surface area contributed by atoms with Crippen LogP contribution in [0.2, 0.25) is 0 Å². The normalized spacial score (nSPS) is 7.84. The van der Waals surface area contributed by atoms with E-state index in [1.807, 2.05) is 0 Å². The predicted molar refractivity (Wildman–Crippen MR) is 81.4 cm³/mol. The molecule has 0 amide bonds. The van der Waals surface area contributed by atoms with Crippen LogP contribution in [0.3, 0.4) is 0 Å². The second kappa shape index (κ2) is 17.6. The third-order valence-electron chi connectivity index (χ3n) is 2.06. The van der Waals surface area contributed by atoms with Crippen molar-refractivity contribution in [1.29, 1.82) is 0 Å². The second-order valence-electron chi connectivity index (χ2n) is 3.81. The van der Waals surface area contributed by atoms with Crippen LogP contribution in [0.1, 0.15) is 0 Å². The van der Waals surface area contributed by atoms with Gasteiger partial charge in [-0.3, -0.25) is 17.6 Å². The SMILES string of the molecule is Fc1c[c-]cc(F)c1.Fc1c[c-]ccc1.Fc1c[c-]ccc1.[Cl-].[Cl-].[Sb+5]. The summed E-state index contributed by atoms with van der Waals surface area (Å²) in [4.78, 5) is 0. The predicted octanol–water partition coefficient (Wildman–Crippen LogP) is -1.36. The van der Waals surface area contributed by atoms with E-state index in [9.17, 15) is 17.6 Å². The maximum absolute atomic E-state index is 11.9. The van der Waals surface area contributed by atoms with Crippen LogP contribution in [-0.4, -0.2) is 24.4 Å². The number of benzene rings is 3. The molecule has 0 bridgehead atoms. The molecule has 7 heteroatoms. The Morgan fingerprint density at radius 3 is 1.08 bits per heavy atom. The van der Waals surface area contributed by atoms with Gasteiger partial charge in [0, 0.05) is 23.3 Å². The molecule has 0 radical (unpaired) electrons. The van der Waals surface area contributed by atoms with Gasteiger partial charge < -0.3 is 24.8 Å². The molecule has 0 saturated heterocycles. The Morgan fingerprint density at radius 2 is 0.920 bits per heavy atom. The van der Waals surface area contributed by atoms with Crippen molar-refractivity contribution in [2.45, 2.75) is 0 Å². The maximum Gasteiger partial charge on any atom is 5.00 e. The Morgan fingerprint density at radius 1 is 0.560 bits per heavy atom. The van der Waals surface area contributed by atoms with Gasteiger partial charge in [-0.2, -0.15) is 42.5 Å². The molecule has 0 unspecified atom stereocenters. The zero-order valence-electron chi connectivity index (χ0n) is 12.6. The Balaban J connectivity index is -0.000000275. The van der Waals surface area contributed by atoms with Crippen molar-refractivity contribution in [2.75, 3.05) is 0 Å². The Labute approximate surface area is 174 Å². The fraction of sp³-hybridized carbons (Fsp3) is 0. The number of hydrogen-bond acceptors (Lipinski definition) is 0. The third kappa shape index (κ3) is 16.0. The van der Waals surface area contributed by atoms with E-state index < -0.39 is 11.6 Å². The van der Waals surface area contributed by atoms with Crippen LogP contribution in [0, 0.1) is 41.5 Å². The zero-order chi connectivity index (χ0) is 16.2. The van der Waals surface area contributed by atoms with Crippen molar-refractivity contribution < 1.29 is 42.4 Å². The van der Waals surface area contributed by atoms with Crippen LogP contribution < -0.4 is 24.8 Å². The molecule has 3 aromatic rings. The van der Waals surface area contributed by atoms with Crippen molar-refractivity contribution in [3.63, 3.8) is 0 Å². The van der Waals surface area contributed by atoms with Gasteiger partial charge >= 0.3 is 24.4 Å². The molecule has 0 N–H and O–H groups in total. The van der Waals surface area contributed by atoms with Crippen molar-refractivity contribution in [1.82, 2.24) is 0 Å². The molecular formula is C18H11Cl2F4Sb. The van der Waals surface area contributed by atoms with Gasteiger partial charge in [-0.1, -0.05) is 0 Å². The summed E-state index contributed by atoms with van der Waals surface area (Å²) in [6.07, 6.45) is 0. The first-order valence-electron chi connectivity index (χ1n) is 6.13. The molecule has 0 aliphatic carbocycles. The zero-order valence-corrected chi connectivity index (χ0v) is 16.6. The molecule has 3 rings (SSSR count). The van der Waals surface area contributed by atoms with Gasteiger partial charge in [0.1, 0.15) is 0 Å². The van der Waals surface area contributed by atoms with Gasteiger partial charge in [0.15, 0.2) is 0 Å². The first-order chi connectivity index (χ1) is 10.6. The van der Waals surface area contributed by atoms with Crippen molar-refractivity contribution in [2.24, 2.45) is 0 Å². The van der Waals surface area contributed by atoms with Crippen LogP contribution in [0.25, 0.3) is 0 Å². The summed E-state index contributed by atoms with van der Waals surface area (Å²) in [5.41, 5.74) is 0. The average Bonchev–Trinajstić information content (AvgIpc) is 2.50. The van der Waals surface area contributed by atoms with E-state index in [-0.39, 0.29) is 60.9 Å². The molecule has 0 saturated carbocycles. The van der Waals surface area contributed by atoms with Crippen molar-refractivity contribution >= 4 is 24.4 Å². The molecule has 0 fully saturated rings. The van der Waals surface area contributed by atoms with Crippen LogP contribution in [0.4, 0.5) is 17.6 Å². The van der Waals surface area contributed by atoms with Crippen molar-refractivity contribution in [3.05, 3.63) is 108 Å². The summed E-state index contributed by atoms with van der Waals surface area (Å²) < 4.78 is 47.5. The average molecular weight is 496 g/mol. The summed E-state index contributed by atoms with van der Waals surface area (Å²) in [5, 5.41) is 0. The third-order valence-corrected chi connectivity index (χ3v) is 2.06. The fourth-order valence-electron chi connectivity index (χ4n) is 1.16. The summed E-state index contributed by atoms with van der Waals surface area (Å²) in [6, 6.07) is 22.3. The van der Waals surface area contributed by atoms with Gasteiger partial charge in [0.05, 0.1) is 0 Å². The fourth-order valence-corrected chi connectivity index (χ4v) is 1.16. The standard InChI is InChI=1S/C6H3F2.2C6H4F.2ClH.Sb/c7-5-2-1-3-6(8)4-5;2*7-6-4-2-1-3-5-6;;;/h2-4H;2*1-2,4-5H;2*1H;/q3*-1;;;+5/p-2. The van der Waals surface area contributed by atoms with E-state index in [2.05, 4.69) is 18.2 Å². The molecule has 3 aromatic carbocycles. The minimum absolute atomic E-state index is 0. The molecule has 0 aliphatic heterocycles. The Bertz CT molecular complexity index is 601. The molecule has 0 aromatic heterocycles. The van der Waals surface area contributed by atoms with E-state index in [0.717, 1.165) is 18.2 Å². The van der Waals surface area contributed by atoms with Gasteiger partial charge in [0.25, 0.3) is 0 Å². The molecule has 0 atom stereocenters. The van der Waals surface area contributed by atoms with E-state index in [1.54, 1.807) is 24.3 Å². The summed E-state index contributed by atoms with van der Waals surface area (Å²) in [7, 11) is 0. The Kier molecular flexibility index (Phi) is 20.1. The molecule has 0 heterocycles. The molecular weight excluding hydrogens is 485 g/mol. The first kappa shape index (κ1) is 28.6. The number of rotatable bonds is 0. The maximum atomic E-state index is 11.9.